The van der Waals surface area contributed by atoms with Crippen molar-refractivity contribution in [2.75, 3.05) is 6.54 Å². The second-order valence-electron chi connectivity index (χ2n) is 6.44. The van der Waals surface area contributed by atoms with Crippen LogP contribution in [0.5, 0.6) is 0 Å². The molecule has 7 nitrogen and oxygen atoms in total. The third-order valence-electron chi connectivity index (χ3n) is 4.52. The molecule has 2 aromatic carbocycles. The lowest BCUT2D eigenvalue weighted by Crippen LogP contribution is -2.27. The lowest BCUT2D eigenvalue weighted by molar-refractivity contribution is -0.136. The number of imidazole rings is 1. The van der Waals surface area contributed by atoms with E-state index in [4.69, 9.17) is 5.11 Å². The van der Waals surface area contributed by atoms with Gasteiger partial charge in [-0.1, -0.05) is 60.7 Å². The van der Waals surface area contributed by atoms with Crippen molar-refractivity contribution in [3.8, 4) is 22.4 Å². The van der Waals surface area contributed by atoms with Crippen molar-refractivity contribution in [3.05, 3.63) is 72.7 Å². The first-order valence-corrected chi connectivity index (χ1v) is 9.13. The Hall–Kier alpha value is -4.00. The Kier molecular flexibility index (Phi) is 5.03. The minimum absolute atomic E-state index is 0.0196. The van der Waals surface area contributed by atoms with Crippen molar-refractivity contribution in [2.24, 2.45) is 0 Å². The van der Waals surface area contributed by atoms with E-state index in [1.54, 1.807) is 6.33 Å². The third kappa shape index (κ3) is 3.70. The summed E-state index contributed by atoms with van der Waals surface area (Å²) in [7, 11) is 0. The van der Waals surface area contributed by atoms with Gasteiger partial charge in [0.1, 0.15) is 11.2 Å². The van der Waals surface area contributed by atoms with E-state index < -0.39 is 11.9 Å². The van der Waals surface area contributed by atoms with Crippen LogP contribution in [0.15, 0.2) is 67.0 Å². The van der Waals surface area contributed by atoms with Crippen LogP contribution in [0.3, 0.4) is 0 Å². The number of benzene rings is 2. The predicted octanol–water partition coefficient (Wildman–Crippen LogP) is 3.50. The summed E-state index contributed by atoms with van der Waals surface area (Å²) in [5.74, 6) is -1.41. The number of nitrogens with zero attached hydrogens (tertiary/aromatic N) is 2. The molecule has 0 bridgehead atoms. The molecule has 4 aromatic rings. The molecule has 0 spiro atoms. The van der Waals surface area contributed by atoms with Gasteiger partial charge in [-0.2, -0.15) is 0 Å². The SMILES string of the molecule is O=C(O)CCNC(=O)c1nc(-c2ccccc2)c2nc[nH]c2c1-c1ccccc1. The maximum absolute atomic E-state index is 13.0. The number of fused-ring (bicyclic) bond motifs is 1. The van der Waals surface area contributed by atoms with Crippen molar-refractivity contribution >= 4 is 22.9 Å². The zero-order valence-electron chi connectivity index (χ0n) is 15.4. The molecule has 0 saturated heterocycles. The zero-order chi connectivity index (χ0) is 20.2. The molecule has 0 atom stereocenters. The number of carboxylic acid groups (broad SMARTS) is 1. The molecule has 2 aromatic heterocycles. The van der Waals surface area contributed by atoms with Crippen molar-refractivity contribution in [2.45, 2.75) is 6.42 Å². The molecule has 29 heavy (non-hydrogen) atoms. The number of pyridine rings is 1. The van der Waals surface area contributed by atoms with Gasteiger partial charge in [-0.3, -0.25) is 9.59 Å². The van der Waals surface area contributed by atoms with Gasteiger partial charge >= 0.3 is 5.97 Å². The Balaban J connectivity index is 1.91. The Morgan fingerprint density at radius 3 is 2.28 bits per heavy atom. The first kappa shape index (κ1) is 18.4. The Morgan fingerprint density at radius 2 is 1.62 bits per heavy atom. The molecule has 3 N–H and O–H groups in total. The van der Waals surface area contributed by atoms with Crippen molar-refractivity contribution in [3.63, 3.8) is 0 Å². The van der Waals surface area contributed by atoms with Gasteiger partial charge in [0, 0.05) is 17.7 Å². The van der Waals surface area contributed by atoms with Crippen LogP contribution in [0.4, 0.5) is 0 Å². The van der Waals surface area contributed by atoms with Gasteiger partial charge in [0.25, 0.3) is 5.91 Å². The van der Waals surface area contributed by atoms with Crippen molar-refractivity contribution < 1.29 is 14.7 Å². The van der Waals surface area contributed by atoms with Crippen LogP contribution in [0, 0.1) is 0 Å². The highest BCUT2D eigenvalue weighted by molar-refractivity contribution is 6.09. The third-order valence-corrected chi connectivity index (χ3v) is 4.52. The van der Waals surface area contributed by atoms with E-state index in [1.807, 2.05) is 60.7 Å². The zero-order valence-corrected chi connectivity index (χ0v) is 15.4. The molecular formula is C22H18N4O3. The molecule has 4 rings (SSSR count). The molecule has 0 aliphatic heterocycles. The number of aliphatic carboxylic acids is 1. The molecule has 1 amide bonds. The van der Waals surface area contributed by atoms with Crippen molar-refractivity contribution in [1.82, 2.24) is 20.3 Å². The van der Waals surface area contributed by atoms with Crippen LogP contribution < -0.4 is 5.32 Å². The average molecular weight is 386 g/mol. The number of hydrogen-bond donors (Lipinski definition) is 3. The summed E-state index contributed by atoms with van der Waals surface area (Å²) in [6, 6.07) is 19.0. The van der Waals surface area contributed by atoms with Crippen LogP contribution in [-0.2, 0) is 4.79 Å². The number of H-pyrrole nitrogens is 1. The van der Waals surface area contributed by atoms with Gasteiger partial charge < -0.3 is 15.4 Å². The number of carboxylic acids is 1. The smallest absolute Gasteiger partial charge is 0.305 e. The van der Waals surface area contributed by atoms with E-state index in [1.165, 1.54) is 0 Å². The van der Waals surface area contributed by atoms with Gasteiger partial charge in [0.05, 0.1) is 24.0 Å². The number of aromatic nitrogens is 3. The lowest BCUT2D eigenvalue weighted by atomic mass is 9.99. The largest absolute Gasteiger partial charge is 0.481 e. The summed E-state index contributed by atoms with van der Waals surface area (Å²) in [5, 5.41) is 11.5. The van der Waals surface area contributed by atoms with Gasteiger partial charge in [0.15, 0.2) is 0 Å². The number of carbonyl (C=O) groups is 2. The molecule has 7 heteroatoms. The summed E-state index contributed by atoms with van der Waals surface area (Å²) in [5.41, 5.74) is 4.46. The quantitative estimate of drug-likeness (QED) is 0.470. The Bertz CT molecular complexity index is 1170. The number of amides is 1. The van der Waals surface area contributed by atoms with Gasteiger partial charge in [0.2, 0.25) is 0 Å². The summed E-state index contributed by atoms with van der Waals surface area (Å²) >= 11 is 0. The standard InChI is InChI=1S/C22H18N4O3/c27-16(28)11-12-23-22(29)20-17(14-7-3-1-4-8-14)19-21(25-13-24-19)18(26-20)15-9-5-2-6-10-15/h1-10,13H,11-12H2,(H,23,29)(H,24,25)(H,27,28). The predicted molar refractivity (Wildman–Crippen MR) is 109 cm³/mol. The molecule has 0 aliphatic rings. The highest BCUT2D eigenvalue weighted by Crippen LogP contribution is 2.34. The number of rotatable bonds is 6. The highest BCUT2D eigenvalue weighted by atomic mass is 16.4. The minimum Gasteiger partial charge on any atom is -0.481 e. The number of nitrogens with one attached hydrogen (secondary N) is 2. The Morgan fingerprint density at radius 1 is 0.966 bits per heavy atom. The first-order valence-electron chi connectivity index (χ1n) is 9.13. The van der Waals surface area contributed by atoms with E-state index in [0.717, 1.165) is 11.1 Å². The van der Waals surface area contributed by atoms with E-state index in [0.29, 0.717) is 22.3 Å². The molecule has 0 unspecified atom stereocenters. The van der Waals surface area contributed by atoms with Crippen LogP contribution in [-0.4, -0.2) is 38.5 Å². The van der Waals surface area contributed by atoms with E-state index in [9.17, 15) is 9.59 Å². The fourth-order valence-electron chi connectivity index (χ4n) is 3.22. The molecule has 0 fully saturated rings. The monoisotopic (exact) mass is 386 g/mol. The maximum atomic E-state index is 13.0. The van der Waals surface area contributed by atoms with Crippen LogP contribution >= 0.6 is 0 Å². The molecule has 0 aliphatic carbocycles. The molecule has 0 radical (unpaired) electrons. The van der Waals surface area contributed by atoms with Crippen LogP contribution in [0.25, 0.3) is 33.4 Å². The fraction of sp³-hybridized carbons (Fsp3) is 0.0909. The summed E-state index contributed by atoms with van der Waals surface area (Å²) in [6.45, 7) is 0.0196. The summed E-state index contributed by atoms with van der Waals surface area (Å²) in [4.78, 5) is 36.0. The average Bonchev–Trinajstić information content (AvgIpc) is 3.23. The van der Waals surface area contributed by atoms with E-state index >= 15 is 0 Å². The first-order chi connectivity index (χ1) is 14.1. The maximum Gasteiger partial charge on any atom is 0.305 e. The van der Waals surface area contributed by atoms with Crippen molar-refractivity contribution in [1.29, 1.82) is 0 Å². The fourth-order valence-corrected chi connectivity index (χ4v) is 3.22. The topological polar surface area (TPSA) is 108 Å². The van der Waals surface area contributed by atoms with Crippen LogP contribution in [0.1, 0.15) is 16.9 Å². The van der Waals surface area contributed by atoms with Crippen LogP contribution in [0.2, 0.25) is 0 Å². The number of carbonyl (C=O) groups excluding carboxylic acids is 1. The second kappa shape index (κ2) is 7.93. The number of hydrogen-bond acceptors (Lipinski definition) is 4. The number of aromatic amines is 1. The van der Waals surface area contributed by atoms with E-state index in [2.05, 4.69) is 20.3 Å². The molecule has 0 saturated carbocycles. The summed E-state index contributed by atoms with van der Waals surface area (Å²) in [6.07, 6.45) is 1.42. The van der Waals surface area contributed by atoms with Gasteiger partial charge in [-0.05, 0) is 5.56 Å². The normalized spacial score (nSPS) is 10.8. The Labute approximate surface area is 166 Å². The molecular weight excluding hydrogens is 368 g/mol. The minimum atomic E-state index is -0.976. The highest BCUT2D eigenvalue weighted by Gasteiger charge is 2.22. The molecule has 144 valence electrons. The van der Waals surface area contributed by atoms with E-state index in [-0.39, 0.29) is 18.7 Å². The lowest BCUT2D eigenvalue weighted by Gasteiger charge is -2.13. The van der Waals surface area contributed by atoms with Gasteiger partial charge in [-0.15, -0.1) is 0 Å². The summed E-state index contributed by atoms with van der Waals surface area (Å²) < 4.78 is 0. The second-order valence-corrected chi connectivity index (χ2v) is 6.44. The van der Waals surface area contributed by atoms with Gasteiger partial charge in [-0.25, -0.2) is 9.97 Å². The molecule has 2 heterocycles.